The van der Waals surface area contributed by atoms with Crippen LogP contribution < -0.4 is 4.74 Å². The molecule has 0 N–H and O–H groups in total. The van der Waals surface area contributed by atoms with Gasteiger partial charge in [-0.3, -0.25) is 0 Å². The standard InChI is InChI=1S/C16H14O/c1-2-9-17-14-7-8-16-13(11-14)10-12-5-3-4-6-15(12)16/h2-8,11H,1,9-10H2. The molecule has 2 aromatic rings. The van der Waals surface area contributed by atoms with E-state index in [1.807, 2.05) is 6.07 Å². The molecule has 0 aromatic heterocycles. The van der Waals surface area contributed by atoms with Crippen molar-refractivity contribution in [3.05, 3.63) is 66.2 Å². The molecule has 84 valence electrons. The largest absolute Gasteiger partial charge is 0.490 e. The van der Waals surface area contributed by atoms with E-state index in [2.05, 4.69) is 43.0 Å². The summed E-state index contributed by atoms with van der Waals surface area (Å²) in [5.74, 6) is 0.927. The van der Waals surface area contributed by atoms with Gasteiger partial charge in [0, 0.05) is 0 Å². The molecule has 0 amide bonds. The Morgan fingerprint density at radius 2 is 1.88 bits per heavy atom. The fourth-order valence-corrected chi connectivity index (χ4v) is 2.37. The molecule has 2 aromatic carbocycles. The van der Waals surface area contributed by atoms with Crippen molar-refractivity contribution >= 4 is 0 Å². The number of hydrogen-bond acceptors (Lipinski definition) is 1. The van der Waals surface area contributed by atoms with Gasteiger partial charge in [-0.15, -0.1) is 0 Å². The minimum absolute atomic E-state index is 0.561. The van der Waals surface area contributed by atoms with Crippen LogP contribution in [0.4, 0.5) is 0 Å². The Morgan fingerprint density at radius 3 is 2.76 bits per heavy atom. The molecule has 17 heavy (non-hydrogen) atoms. The molecule has 0 unspecified atom stereocenters. The highest BCUT2D eigenvalue weighted by Gasteiger charge is 2.17. The molecule has 0 aliphatic heterocycles. The molecule has 1 nitrogen and oxygen atoms in total. The number of fused-ring (bicyclic) bond motifs is 3. The maximum absolute atomic E-state index is 5.56. The second-order valence-corrected chi connectivity index (χ2v) is 4.25. The predicted octanol–water partition coefficient (Wildman–Crippen LogP) is 3.82. The second-order valence-electron chi connectivity index (χ2n) is 4.25. The summed E-state index contributed by atoms with van der Waals surface area (Å²) in [5, 5.41) is 0. The zero-order valence-corrected chi connectivity index (χ0v) is 9.65. The first-order valence-corrected chi connectivity index (χ1v) is 5.83. The van der Waals surface area contributed by atoms with Crippen LogP contribution in [-0.4, -0.2) is 6.61 Å². The molecule has 0 bridgehead atoms. The molecule has 1 aliphatic carbocycles. The Bertz CT molecular complexity index is 569. The van der Waals surface area contributed by atoms with Crippen LogP contribution in [0, 0.1) is 0 Å². The van der Waals surface area contributed by atoms with E-state index in [-0.39, 0.29) is 0 Å². The molecular formula is C16H14O. The van der Waals surface area contributed by atoms with E-state index in [0.29, 0.717) is 6.61 Å². The predicted molar refractivity (Wildman–Crippen MR) is 70.4 cm³/mol. The van der Waals surface area contributed by atoms with Crippen molar-refractivity contribution in [2.75, 3.05) is 6.61 Å². The van der Waals surface area contributed by atoms with Crippen molar-refractivity contribution in [2.24, 2.45) is 0 Å². The summed E-state index contributed by atoms with van der Waals surface area (Å²) in [4.78, 5) is 0. The zero-order chi connectivity index (χ0) is 11.7. The SMILES string of the molecule is C=CCOc1ccc2c(c1)Cc1ccccc1-2. The minimum atomic E-state index is 0.561. The highest BCUT2D eigenvalue weighted by atomic mass is 16.5. The van der Waals surface area contributed by atoms with Crippen LogP contribution in [0.15, 0.2) is 55.1 Å². The molecule has 0 radical (unpaired) electrons. The Morgan fingerprint density at radius 1 is 1.06 bits per heavy atom. The third-order valence-corrected chi connectivity index (χ3v) is 3.13. The third kappa shape index (κ3) is 1.74. The van der Waals surface area contributed by atoms with Gasteiger partial charge in [0.05, 0.1) is 0 Å². The zero-order valence-electron chi connectivity index (χ0n) is 9.65. The van der Waals surface area contributed by atoms with Crippen LogP contribution in [0.1, 0.15) is 11.1 Å². The van der Waals surface area contributed by atoms with Gasteiger partial charge in [-0.2, -0.15) is 0 Å². The van der Waals surface area contributed by atoms with E-state index in [1.165, 1.54) is 22.3 Å². The maximum Gasteiger partial charge on any atom is 0.120 e. The molecule has 0 heterocycles. The van der Waals surface area contributed by atoms with Gasteiger partial charge in [-0.1, -0.05) is 43.0 Å². The molecule has 0 fully saturated rings. The first-order chi connectivity index (χ1) is 8.38. The lowest BCUT2D eigenvalue weighted by atomic mass is 10.1. The summed E-state index contributed by atoms with van der Waals surface area (Å²) in [5.41, 5.74) is 5.46. The van der Waals surface area contributed by atoms with Gasteiger partial charge < -0.3 is 4.74 Å². The van der Waals surface area contributed by atoms with Gasteiger partial charge >= 0.3 is 0 Å². The van der Waals surface area contributed by atoms with Crippen LogP contribution >= 0.6 is 0 Å². The lowest BCUT2D eigenvalue weighted by Crippen LogP contribution is -1.93. The minimum Gasteiger partial charge on any atom is -0.490 e. The smallest absolute Gasteiger partial charge is 0.120 e. The number of rotatable bonds is 3. The average Bonchev–Trinajstić information content (AvgIpc) is 2.74. The van der Waals surface area contributed by atoms with E-state index in [1.54, 1.807) is 6.08 Å². The first kappa shape index (κ1) is 10.2. The Kier molecular flexibility index (Phi) is 2.45. The molecular weight excluding hydrogens is 208 g/mol. The van der Waals surface area contributed by atoms with Crippen LogP contribution in [-0.2, 0) is 6.42 Å². The number of ether oxygens (including phenoxy) is 1. The van der Waals surface area contributed by atoms with Crippen LogP contribution in [0.5, 0.6) is 5.75 Å². The topological polar surface area (TPSA) is 9.23 Å². The lowest BCUT2D eigenvalue weighted by Gasteiger charge is -2.06. The van der Waals surface area contributed by atoms with Crippen molar-refractivity contribution < 1.29 is 4.74 Å². The number of benzene rings is 2. The van der Waals surface area contributed by atoms with E-state index < -0.39 is 0 Å². The Labute approximate surface area is 101 Å². The molecule has 0 atom stereocenters. The summed E-state index contributed by atoms with van der Waals surface area (Å²) in [6, 6.07) is 14.9. The average molecular weight is 222 g/mol. The monoisotopic (exact) mass is 222 g/mol. The molecule has 3 rings (SSSR count). The molecule has 0 spiro atoms. The van der Waals surface area contributed by atoms with Gasteiger partial charge in [0.2, 0.25) is 0 Å². The van der Waals surface area contributed by atoms with Crippen LogP contribution in [0.25, 0.3) is 11.1 Å². The number of hydrogen-bond donors (Lipinski definition) is 0. The highest BCUT2D eigenvalue weighted by molar-refractivity contribution is 5.77. The Hall–Kier alpha value is -2.02. The van der Waals surface area contributed by atoms with Crippen molar-refractivity contribution in [1.29, 1.82) is 0 Å². The molecule has 1 aliphatic rings. The normalized spacial score (nSPS) is 11.8. The summed E-state index contributed by atoms with van der Waals surface area (Å²) < 4.78 is 5.56. The van der Waals surface area contributed by atoms with E-state index >= 15 is 0 Å². The van der Waals surface area contributed by atoms with E-state index in [0.717, 1.165) is 12.2 Å². The quantitative estimate of drug-likeness (QED) is 0.612. The van der Waals surface area contributed by atoms with E-state index in [9.17, 15) is 0 Å². The van der Waals surface area contributed by atoms with E-state index in [4.69, 9.17) is 4.74 Å². The van der Waals surface area contributed by atoms with Gasteiger partial charge in [-0.05, 0) is 40.8 Å². The van der Waals surface area contributed by atoms with Crippen LogP contribution in [0.3, 0.4) is 0 Å². The fourth-order valence-electron chi connectivity index (χ4n) is 2.37. The lowest BCUT2D eigenvalue weighted by molar-refractivity contribution is 0.363. The molecule has 1 heteroatoms. The molecule has 0 saturated heterocycles. The summed E-state index contributed by atoms with van der Waals surface area (Å²) in [6.07, 6.45) is 2.78. The van der Waals surface area contributed by atoms with Crippen LogP contribution in [0.2, 0.25) is 0 Å². The van der Waals surface area contributed by atoms with Crippen molar-refractivity contribution in [1.82, 2.24) is 0 Å². The maximum atomic E-state index is 5.56. The summed E-state index contributed by atoms with van der Waals surface area (Å²) in [7, 11) is 0. The highest BCUT2D eigenvalue weighted by Crippen LogP contribution is 2.37. The summed E-state index contributed by atoms with van der Waals surface area (Å²) in [6.45, 7) is 4.22. The van der Waals surface area contributed by atoms with Gasteiger partial charge in [-0.25, -0.2) is 0 Å². The van der Waals surface area contributed by atoms with Gasteiger partial charge in [0.25, 0.3) is 0 Å². The van der Waals surface area contributed by atoms with Crippen molar-refractivity contribution in [3.63, 3.8) is 0 Å². The van der Waals surface area contributed by atoms with Gasteiger partial charge in [0.1, 0.15) is 12.4 Å². The van der Waals surface area contributed by atoms with Crippen molar-refractivity contribution in [2.45, 2.75) is 6.42 Å². The Balaban J connectivity index is 1.98. The molecule has 0 saturated carbocycles. The third-order valence-electron chi connectivity index (χ3n) is 3.13. The summed E-state index contributed by atoms with van der Waals surface area (Å²) >= 11 is 0. The fraction of sp³-hybridized carbons (Fsp3) is 0.125. The second kappa shape index (κ2) is 4.10. The van der Waals surface area contributed by atoms with Crippen molar-refractivity contribution in [3.8, 4) is 16.9 Å². The van der Waals surface area contributed by atoms with Gasteiger partial charge in [0.15, 0.2) is 0 Å². The first-order valence-electron chi connectivity index (χ1n) is 5.83.